The van der Waals surface area contributed by atoms with E-state index in [1.54, 1.807) is 30.3 Å². The van der Waals surface area contributed by atoms with Crippen molar-refractivity contribution in [2.24, 2.45) is 0 Å². The van der Waals surface area contributed by atoms with Crippen LogP contribution in [0.3, 0.4) is 0 Å². The fourth-order valence-electron chi connectivity index (χ4n) is 5.56. The SMILES string of the molecule is CCCCOc1ccc([C@H]2/C(=C(\O)c3ccc4c(c3)C[C@@H](C)O4)C(=O)C(=O)N2c2nnc(SCc3ccccc3)s2)cc1OCC. The minimum absolute atomic E-state index is 0.0133. The van der Waals surface area contributed by atoms with Crippen molar-refractivity contribution >= 4 is 45.7 Å². The molecule has 0 saturated carbocycles. The van der Waals surface area contributed by atoms with Gasteiger partial charge >= 0.3 is 5.91 Å². The maximum atomic E-state index is 13.8. The second-order valence-corrected chi connectivity index (χ2v) is 13.3. The van der Waals surface area contributed by atoms with Gasteiger partial charge in [0.15, 0.2) is 15.8 Å². The lowest BCUT2D eigenvalue weighted by Crippen LogP contribution is -2.29. The molecule has 1 fully saturated rings. The fraction of sp³-hybridized carbons (Fsp3) is 0.314. The number of amides is 1. The van der Waals surface area contributed by atoms with E-state index in [4.69, 9.17) is 14.2 Å². The van der Waals surface area contributed by atoms with Gasteiger partial charge in [0.1, 0.15) is 17.6 Å². The number of ketones is 1. The van der Waals surface area contributed by atoms with Crippen LogP contribution in [0, 0.1) is 0 Å². The summed E-state index contributed by atoms with van der Waals surface area (Å²) >= 11 is 2.73. The highest BCUT2D eigenvalue weighted by molar-refractivity contribution is 8.00. The highest BCUT2D eigenvalue weighted by Crippen LogP contribution is 2.46. The van der Waals surface area contributed by atoms with E-state index in [0.717, 1.165) is 29.7 Å². The van der Waals surface area contributed by atoms with Crippen molar-refractivity contribution in [3.8, 4) is 17.2 Å². The van der Waals surface area contributed by atoms with Crippen LogP contribution < -0.4 is 19.1 Å². The molecule has 0 bridgehead atoms. The Kier molecular flexibility index (Phi) is 9.60. The van der Waals surface area contributed by atoms with E-state index in [2.05, 4.69) is 17.1 Å². The molecule has 46 heavy (non-hydrogen) atoms. The molecule has 9 nitrogen and oxygen atoms in total. The normalized spacial score (nSPS) is 18.5. The number of thioether (sulfide) groups is 1. The van der Waals surface area contributed by atoms with E-state index in [-0.39, 0.29) is 22.6 Å². The molecule has 1 saturated heterocycles. The van der Waals surface area contributed by atoms with Crippen molar-refractivity contribution in [3.63, 3.8) is 0 Å². The number of hydrogen-bond acceptors (Lipinski definition) is 10. The summed E-state index contributed by atoms with van der Waals surface area (Å²) in [5.74, 6) is 0.619. The summed E-state index contributed by atoms with van der Waals surface area (Å²) in [7, 11) is 0. The Bertz CT molecular complexity index is 1770. The number of carbonyl (C=O) groups excluding carboxylic acids is 2. The number of aliphatic hydroxyl groups excluding tert-OH is 1. The first-order chi connectivity index (χ1) is 22.4. The number of Topliss-reactive ketones (excluding diaryl/α,β-unsaturated/α-hetero) is 1. The van der Waals surface area contributed by atoms with Crippen LogP contribution >= 0.6 is 23.1 Å². The number of ether oxygens (including phenoxy) is 3. The van der Waals surface area contributed by atoms with E-state index in [1.807, 2.05) is 50.2 Å². The smallest absolute Gasteiger partial charge is 0.301 e. The van der Waals surface area contributed by atoms with E-state index in [1.165, 1.54) is 28.0 Å². The summed E-state index contributed by atoms with van der Waals surface area (Å²) in [5, 5.41) is 20.7. The summed E-state index contributed by atoms with van der Waals surface area (Å²) in [6, 6.07) is 19.7. The van der Waals surface area contributed by atoms with Gasteiger partial charge in [-0.3, -0.25) is 14.5 Å². The zero-order chi connectivity index (χ0) is 32.2. The van der Waals surface area contributed by atoms with Gasteiger partial charge in [0, 0.05) is 17.7 Å². The fourth-order valence-corrected chi connectivity index (χ4v) is 7.38. The Morgan fingerprint density at radius 1 is 1.04 bits per heavy atom. The van der Waals surface area contributed by atoms with Crippen LogP contribution in [-0.4, -0.2) is 46.3 Å². The molecule has 4 aromatic rings. The molecular weight excluding hydrogens is 623 g/mol. The highest BCUT2D eigenvalue weighted by Gasteiger charge is 2.48. The van der Waals surface area contributed by atoms with Gasteiger partial charge in [0.05, 0.1) is 24.8 Å². The highest BCUT2D eigenvalue weighted by atomic mass is 32.2. The largest absolute Gasteiger partial charge is 0.507 e. The monoisotopic (exact) mass is 657 g/mol. The zero-order valence-electron chi connectivity index (χ0n) is 25.9. The van der Waals surface area contributed by atoms with Crippen LogP contribution in [-0.2, 0) is 21.8 Å². The number of hydrogen-bond donors (Lipinski definition) is 1. The molecule has 3 aromatic carbocycles. The van der Waals surface area contributed by atoms with Crippen molar-refractivity contribution < 1.29 is 28.9 Å². The molecule has 0 unspecified atom stereocenters. The minimum Gasteiger partial charge on any atom is -0.507 e. The van der Waals surface area contributed by atoms with Crippen LogP contribution in [0.15, 0.2) is 76.6 Å². The summed E-state index contributed by atoms with van der Waals surface area (Å²) in [4.78, 5) is 28.9. The minimum atomic E-state index is -0.979. The molecule has 6 rings (SSSR count). The Hall–Kier alpha value is -4.35. The van der Waals surface area contributed by atoms with Gasteiger partial charge in [-0.25, -0.2) is 0 Å². The summed E-state index contributed by atoms with van der Waals surface area (Å²) in [6.07, 6.45) is 2.57. The van der Waals surface area contributed by atoms with Crippen molar-refractivity contribution in [1.29, 1.82) is 0 Å². The molecule has 0 spiro atoms. The van der Waals surface area contributed by atoms with Gasteiger partial charge in [0.2, 0.25) is 5.13 Å². The molecule has 3 heterocycles. The standard InChI is InChI=1S/C35H35N3O6S2/c1-4-6-16-43-27-15-12-23(19-28(27)42-5-2)30-29(31(39)24-13-14-26-25(18-24)17-21(3)44-26)32(40)33(41)38(30)34-36-37-35(46-34)45-20-22-10-8-7-9-11-22/h7-15,18-19,21,30,39H,4-6,16-17,20H2,1-3H3/b31-29+/t21-,30+/m1/s1. The van der Waals surface area contributed by atoms with Gasteiger partial charge in [-0.1, -0.05) is 72.8 Å². The Morgan fingerprint density at radius 2 is 1.87 bits per heavy atom. The average molecular weight is 658 g/mol. The van der Waals surface area contributed by atoms with E-state index >= 15 is 0 Å². The van der Waals surface area contributed by atoms with E-state index in [9.17, 15) is 14.7 Å². The summed E-state index contributed by atoms with van der Waals surface area (Å²) in [6.45, 7) is 6.87. The second-order valence-electron chi connectivity index (χ2n) is 11.1. The molecule has 1 N–H and O–H groups in total. The number of anilines is 1. The number of benzene rings is 3. The lowest BCUT2D eigenvalue weighted by atomic mass is 9.94. The number of unbranched alkanes of at least 4 members (excludes halogenated alkanes) is 1. The van der Waals surface area contributed by atoms with Gasteiger partial charge in [0.25, 0.3) is 5.78 Å². The second kappa shape index (κ2) is 14.0. The van der Waals surface area contributed by atoms with E-state index in [0.29, 0.717) is 52.4 Å². The molecule has 1 aromatic heterocycles. The number of aromatic nitrogens is 2. The van der Waals surface area contributed by atoms with Gasteiger partial charge in [-0.2, -0.15) is 0 Å². The number of rotatable bonds is 12. The maximum Gasteiger partial charge on any atom is 0.301 e. The molecule has 2 aliphatic heterocycles. The predicted molar refractivity (Wildman–Crippen MR) is 179 cm³/mol. The third kappa shape index (κ3) is 6.47. The number of aliphatic hydroxyl groups is 1. The third-order valence-electron chi connectivity index (χ3n) is 7.76. The lowest BCUT2D eigenvalue weighted by Gasteiger charge is -2.23. The van der Waals surface area contributed by atoms with Crippen LogP contribution in [0.25, 0.3) is 5.76 Å². The first kappa shape index (κ1) is 31.6. The number of fused-ring (bicyclic) bond motifs is 1. The Balaban J connectivity index is 1.42. The van der Waals surface area contributed by atoms with Gasteiger partial charge < -0.3 is 19.3 Å². The molecule has 2 atom stereocenters. The Labute approximate surface area is 276 Å². The predicted octanol–water partition coefficient (Wildman–Crippen LogP) is 7.36. The number of carbonyl (C=O) groups is 2. The number of nitrogens with zero attached hydrogens (tertiary/aromatic N) is 3. The summed E-state index contributed by atoms with van der Waals surface area (Å²) in [5.41, 5.74) is 3.02. The van der Waals surface area contributed by atoms with Crippen LogP contribution in [0.5, 0.6) is 17.2 Å². The average Bonchev–Trinajstić information content (AvgIpc) is 3.75. The summed E-state index contributed by atoms with van der Waals surface area (Å²) < 4.78 is 18.4. The maximum absolute atomic E-state index is 13.8. The quantitative estimate of drug-likeness (QED) is 0.0417. The van der Waals surface area contributed by atoms with Crippen LogP contribution in [0.2, 0.25) is 0 Å². The van der Waals surface area contributed by atoms with Crippen molar-refractivity contribution in [2.45, 2.75) is 62.3 Å². The van der Waals surface area contributed by atoms with Crippen molar-refractivity contribution in [3.05, 3.63) is 94.6 Å². The zero-order valence-corrected chi connectivity index (χ0v) is 27.5. The first-order valence-electron chi connectivity index (χ1n) is 15.4. The molecule has 2 aliphatic rings. The molecule has 11 heteroatoms. The van der Waals surface area contributed by atoms with Crippen molar-refractivity contribution in [1.82, 2.24) is 10.2 Å². The third-order valence-corrected chi connectivity index (χ3v) is 9.89. The molecular formula is C35H35N3O6S2. The van der Waals surface area contributed by atoms with Crippen LogP contribution in [0.1, 0.15) is 61.9 Å². The Morgan fingerprint density at radius 3 is 2.65 bits per heavy atom. The van der Waals surface area contributed by atoms with Crippen molar-refractivity contribution in [2.75, 3.05) is 18.1 Å². The van der Waals surface area contributed by atoms with Gasteiger partial charge in [-0.05, 0) is 67.3 Å². The molecule has 238 valence electrons. The first-order valence-corrected chi connectivity index (χ1v) is 17.2. The van der Waals surface area contributed by atoms with E-state index < -0.39 is 17.7 Å². The van der Waals surface area contributed by atoms with Gasteiger partial charge in [-0.15, -0.1) is 10.2 Å². The topological polar surface area (TPSA) is 111 Å². The molecule has 1 amide bonds. The molecule has 0 radical (unpaired) electrons. The lowest BCUT2D eigenvalue weighted by molar-refractivity contribution is -0.132. The molecule has 0 aliphatic carbocycles. The van der Waals surface area contributed by atoms with Crippen LogP contribution in [0.4, 0.5) is 5.13 Å².